The molecule has 4 aliphatic heterocycles. The Hall–Kier alpha value is -1.40. The molecule has 3 saturated heterocycles. The van der Waals surface area contributed by atoms with Crippen molar-refractivity contribution in [2.75, 3.05) is 38.5 Å². The molecular weight excluding hydrogens is 509 g/mol. The van der Waals surface area contributed by atoms with Crippen molar-refractivity contribution in [3.05, 3.63) is 5.83 Å². The summed E-state index contributed by atoms with van der Waals surface area (Å²) < 4.78 is 40.8. The maximum Gasteiger partial charge on any atom is 0.228 e. The summed E-state index contributed by atoms with van der Waals surface area (Å²) >= 11 is 0. The SMILES string of the molecule is NC(N)C(C(=O)NC1CNCCC1N1CCN2[C@@H](CCS2(=O)=O)C1)C1CC2(CCCCC2)CCC(F)=C=N1. The summed E-state index contributed by atoms with van der Waals surface area (Å²) in [6.07, 6.45) is 7.74. The second-order valence-corrected chi connectivity index (χ2v) is 14.2. The number of nitrogens with two attached hydrogens (primary N) is 2. The summed E-state index contributed by atoms with van der Waals surface area (Å²) in [6.45, 7) is 3.25. The van der Waals surface area contributed by atoms with Gasteiger partial charge in [-0.2, -0.15) is 4.31 Å². The number of piperidine rings is 1. The van der Waals surface area contributed by atoms with Crippen LogP contribution in [0.1, 0.15) is 64.2 Å². The van der Waals surface area contributed by atoms with E-state index in [4.69, 9.17) is 11.5 Å². The van der Waals surface area contributed by atoms with Crippen molar-refractivity contribution in [2.45, 2.75) is 94.5 Å². The zero-order valence-corrected chi connectivity index (χ0v) is 23.1. The molecule has 1 saturated carbocycles. The van der Waals surface area contributed by atoms with E-state index in [0.29, 0.717) is 45.4 Å². The Morgan fingerprint density at radius 3 is 2.74 bits per heavy atom. The lowest BCUT2D eigenvalue weighted by molar-refractivity contribution is -0.128. The van der Waals surface area contributed by atoms with Crippen molar-refractivity contribution in [1.82, 2.24) is 19.8 Å². The van der Waals surface area contributed by atoms with E-state index in [1.807, 2.05) is 0 Å². The lowest BCUT2D eigenvalue weighted by Gasteiger charge is -2.46. The fraction of sp³-hybridized carbons (Fsp3) is 0.885. The molecule has 4 unspecified atom stereocenters. The van der Waals surface area contributed by atoms with Crippen molar-refractivity contribution < 1.29 is 17.6 Å². The third-order valence-electron chi connectivity index (χ3n) is 9.68. The highest BCUT2D eigenvalue weighted by molar-refractivity contribution is 7.89. The number of carbonyl (C=O) groups excluding carboxylic acids is 1. The van der Waals surface area contributed by atoms with Crippen LogP contribution in [0.15, 0.2) is 10.8 Å². The van der Waals surface area contributed by atoms with Gasteiger partial charge in [-0.05, 0) is 50.5 Å². The average molecular weight is 554 g/mol. The highest BCUT2D eigenvalue weighted by Crippen LogP contribution is 2.46. The number of nitrogens with zero attached hydrogens (tertiary/aromatic N) is 3. The Bertz CT molecular complexity index is 1040. The summed E-state index contributed by atoms with van der Waals surface area (Å²) in [5, 5.41) is 6.62. The molecule has 0 aromatic carbocycles. The Morgan fingerprint density at radius 2 is 1.97 bits per heavy atom. The summed E-state index contributed by atoms with van der Waals surface area (Å²) in [4.78, 5) is 20.6. The molecule has 38 heavy (non-hydrogen) atoms. The van der Waals surface area contributed by atoms with Gasteiger partial charge < -0.3 is 22.1 Å². The van der Waals surface area contributed by atoms with Gasteiger partial charge in [0, 0.05) is 50.6 Å². The summed E-state index contributed by atoms with van der Waals surface area (Å²) in [6, 6.07) is -0.608. The average Bonchev–Trinajstić information content (AvgIpc) is 3.20. The molecule has 214 valence electrons. The molecular formula is C26H44FN7O3S. The molecule has 4 heterocycles. The van der Waals surface area contributed by atoms with Gasteiger partial charge >= 0.3 is 0 Å². The molecule has 1 spiro atoms. The van der Waals surface area contributed by atoms with Crippen molar-refractivity contribution in [1.29, 1.82) is 0 Å². The topological polar surface area (TPSA) is 146 Å². The zero-order valence-electron chi connectivity index (χ0n) is 22.3. The van der Waals surface area contributed by atoms with Crippen LogP contribution in [0, 0.1) is 11.3 Å². The largest absolute Gasteiger partial charge is 0.350 e. The van der Waals surface area contributed by atoms with Crippen LogP contribution in [-0.2, 0) is 14.8 Å². The normalized spacial score (nSPS) is 34.8. The first kappa shape index (κ1) is 28.1. The van der Waals surface area contributed by atoms with Crippen LogP contribution in [0.3, 0.4) is 0 Å². The van der Waals surface area contributed by atoms with Gasteiger partial charge in [0.05, 0.1) is 29.9 Å². The van der Waals surface area contributed by atoms with Gasteiger partial charge in [0.2, 0.25) is 15.9 Å². The number of hydrogen-bond donors (Lipinski definition) is 4. The first-order valence-electron chi connectivity index (χ1n) is 14.4. The van der Waals surface area contributed by atoms with Crippen molar-refractivity contribution in [3.63, 3.8) is 0 Å². The minimum absolute atomic E-state index is 0.00262. The minimum Gasteiger partial charge on any atom is -0.350 e. The quantitative estimate of drug-likeness (QED) is 0.361. The van der Waals surface area contributed by atoms with E-state index in [1.54, 1.807) is 4.31 Å². The van der Waals surface area contributed by atoms with Crippen LogP contribution in [0.25, 0.3) is 0 Å². The maximum absolute atomic E-state index is 14.5. The smallest absolute Gasteiger partial charge is 0.228 e. The standard InChI is InChI=1S/C26H44FN7O3S/c27-18-4-9-26(7-2-1-3-8-26)14-20(31-15-18)23(24(28)29)25(35)32-21-16-30-10-5-22(21)33-11-12-34-19(17-33)6-13-38(34,36)37/h19-24,30H,1-14,16-17,28-29H2,(H,32,35)/t19-,20?,21?,22?,23?/m0/s1. The van der Waals surface area contributed by atoms with Gasteiger partial charge in [-0.3, -0.25) is 9.69 Å². The van der Waals surface area contributed by atoms with E-state index in [2.05, 4.69) is 26.4 Å². The van der Waals surface area contributed by atoms with Crippen LogP contribution >= 0.6 is 0 Å². The number of nitrogens with one attached hydrogen (secondary N) is 2. The molecule has 1 amide bonds. The van der Waals surface area contributed by atoms with Gasteiger partial charge in [-0.15, -0.1) is 0 Å². The molecule has 4 fully saturated rings. The second-order valence-electron chi connectivity index (χ2n) is 12.1. The predicted octanol–water partition coefficient (Wildman–Crippen LogP) is 0.439. The van der Waals surface area contributed by atoms with Gasteiger partial charge in [0.25, 0.3) is 0 Å². The minimum atomic E-state index is -3.14. The highest BCUT2D eigenvalue weighted by Gasteiger charge is 2.45. The van der Waals surface area contributed by atoms with Crippen LogP contribution in [0.4, 0.5) is 4.39 Å². The van der Waals surface area contributed by atoms with Crippen LogP contribution in [-0.4, -0.2) is 98.2 Å². The van der Waals surface area contributed by atoms with Crippen molar-refractivity contribution >= 4 is 21.8 Å². The van der Waals surface area contributed by atoms with E-state index >= 15 is 0 Å². The molecule has 0 radical (unpaired) electrons. The summed E-state index contributed by atoms with van der Waals surface area (Å²) in [5.41, 5.74) is 12.4. The van der Waals surface area contributed by atoms with Crippen molar-refractivity contribution in [2.24, 2.45) is 27.8 Å². The van der Waals surface area contributed by atoms with E-state index in [9.17, 15) is 17.6 Å². The molecule has 6 N–H and O–H groups in total. The van der Waals surface area contributed by atoms with Gasteiger partial charge in [0.15, 0.2) is 5.83 Å². The van der Waals surface area contributed by atoms with Crippen molar-refractivity contribution in [3.8, 4) is 0 Å². The molecule has 0 bridgehead atoms. The Kier molecular flexibility index (Phi) is 8.59. The Morgan fingerprint density at radius 1 is 1.18 bits per heavy atom. The number of sulfonamides is 1. The van der Waals surface area contributed by atoms with Crippen LogP contribution < -0.4 is 22.1 Å². The van der Waals surface area contributed by atoms with E-state index in [-0.39, 0.29) is 41.0 Å². The molecule has 12 heteroatoms. The highest BCUT2D eigenvalue weighted by atomic mass is 32.2. The van der Waals surface area contributed by atoms with Gasteiger partial charge in [-0.1, -0.05) is 19.3 Å². The molecule has 5 rings (SSSR count). The molecule has 5 atom stereocenters. The van der Waals surface area contributed by atoms with E-state index in [1.165, 1.54) is 6.42 Å². The summed E-state index contributed by atoms with van der Waals surface area (Å²) in [7, 11) is -3.14. The number of hydrogen-bond acceptors (Lipinski definition) is 8. The number of allylic oxidation sites excluding steroid dienone is 1. The number of piperazine rings is 1. The fourth-order valence-electron chi connectivity index (χ4n) is 7.62. The zero-order chi connectivity index (χ0) is 26.9. The Labute approximate surface area is 225 Å². The van der Waals surface area contributed by atoms with Crippen LogP contribution in [0.2, 0.25) is 0 Å². The number of fused-ring (bicyclic) bond motifs is 1. The Balaban J connectivity index is 1.31. The maximum atomic E-state index is 14.5. The third-order valence-corrected chi connectivity index (χ3v) is 11.6. The predicted molar refractivity (Wildman–Crippen MR) is 145 cm³/mol. The summed E-state index contributed by atoms with van der Waals surface area (Å²) in [5.74, 6) is 1.36. The molecule has 5 aliphatic rings. The third kappa shape index (κ3) is 6.01. The molecule has 10 nitrogen and oxygen atoms in total. The molecule has 0 aromatic rings. The van der Waals surface area contributed by atoms with Crippen LogP contribution in [0.5, 0.6) is 0 Å². The lowest BCUT2D eigenvalue weighted by Crippen LogP contribution is -2.65. The molecule has 0 aromatic heterocycles. The number of aliphatic imine (C=N–C) groups is 1. The number of amides is 1. The number of carbonyl (C=O) groups is 1. The van der Waals surface area contributed by atoms with Gasteiger partial charge in [0.1, 0.15) is 0 Å². The molecule has 1 aliphatic carbocycles. The lowest BCUT2D eigenvalue weighted by atomic mass is 9.66. The monoisotopic (exact) mass is 553 g/mol. The first-order valence-corrected chi connectivity index (χ1v) is 16.0. The second kappa shape index (κ2) is 11.6. The number of rotatable bonds is 5. The first-order chi connectivity index (χ1) is 18.2. The van der Waals surface area contributed by atoms with E-state index < -0.39 is 28.1 Å². The fourth-order valence-corrected chi connectivity index (χ4v) is 9.41. The van der Waals surface area contributed by atoms with E-state index in [0.717, 1.165) is 45.1 Å². The van der Waals surface area contributed by atoms with Gasteiger partial charge in [-0.25, -0.2) is 17.8 Å². The number of halogens is 1.